The van der Waals surface area contributed by atoms with Crippen LogP contribution in [0.5, 0.6) is 0 Å². The maximum atomic E-state index is 5.37. The van der Waals surface area contributed by atoms with Crippen LogP contribution in [0.3, 0.4) is 0 Å². The van der Waals surface area contributed by atoms with Crippen LogP contribution in [0.25, 0.3) is 0 Å². The molecule has 0 saturated carbocycles. The minimum atomic E-state index is 0.578. The first kappa shape index (κ1) is 13.1. The van der Waals surface area contributed by atoms with Gasteiger partial charge in [-0.3, -0.25) is 0 Å². The van der Waals surface area contributed by atoms with Gasteiger partial charge < -0.3 is 10.7 Å². The molecule has 94 valence electrons. The summed E-state index contributed by atoms with van der Waals surface area (Å²) >= 11 is 4.85. The highest BCUT2D eigenvalue weighted by atomic mass is 79.9. The summed E-state index contributed by atoms with van der Waals surface area (Å²) < 4.78 is 1.03. The first-order valence-corrected chi connectivity index (χ1v) is 7.15. The number of nitrogens with two attached hydrogens (primary N) is 1. The molecule has 5 nitrogen and oxygen atoms in total. The van der Waals surface area contributed by atoms with E-state index >= 15 is 0 Å². The molecular weight excluding hydrogens is 314 g/mol. The lowest BCUT2D eigenvalue weighted by Gasteiger charge is -2.08. The average Bonchev–Trinajstić information content (AvgIpc) is 2.41. The fraction of sp³-hybridized carbons (Fsp3) is 0.0909. The molecule has 1 aromatic carbocycles. The highest BCUT2D eigenvalue weighted by Crippen LogP contribution is 2.21. The summed E-state index contributed by atoms with van der Waals surface area (Å²) in [6.07, 6.45) is 1.92. The Morgan fingerprint density at radius 1 is 1.17 bits per heavy atom. The van der Waals surface area contributed by atoms with Crippen molar-refractivity contribution in [3.63, 3.8) is 0 Å². The number of aromatic nitrogens is 2. The van der Waals surface area contributed by atoms with Crippen LogP contribution in [-0.2, 0) is 0 Å². The Hall–Kier alpha value is -1.31. The summed E-state index contributed by atoms with van der Waals surface area (Å²) in [6.45, 7) is 0. The van der Waals surface area contributed by atoms with Crippen molar-refractivity contribution in [1.82, 2.24) is 9.97 Å². The molecule has 0 unspecified atom stereocenters. The van der Waals surface area contributed by atoms with Gasteiger partial charge in [-0.2, -0.15) is 0 Å². The van der Waals surface area contributed by atoms with Crippen LogP contribution in [0.4, 0.5) is 17.3 Å². The van der Waals surface area contributed by atoms with Crippen LogP contribution >= 0.6 is 27.7 Å². The molecule has 0 aliphatic rings. The monoisotopic (exact) mass is 325 g/mol. The molecule has 0 radical (unpaired) electrons. The zero-order chi connectivity index (χ0) is 13.0. The number of hydrazine groups is 1. The number of hydrogen-bond donors (Lipinski definition) is 3. The predicted octanol–water partition coefficient (Wildman–Crippen LogP) is 2.99. The predicted molar refractivity (Wildman–Crippen MR) is 79.0 cm³/mol. The third-order valence-electron chi connectivity index (χ3n) is 2.15. The minimum Gasteiger partial charge on any atom is -0.340 e. The standard InChI is InChI=1S/C11H12BrN5S/c1-18-11-15-9(6-10(16-11)17-13)14-8-4-2-7(12)3-5-8/h2-6H,13H2,1H3,(H2,14,15,16,17). The largest absolute Gasteiger partial charge is 0.340 e. The van der Waals surface area contributed by atoms with E-state index in [1.54, 1.807) is 6.07 Å². The zero-order valence-electron chi connectivity index (χ0n) is 9.64. The number of hydrogen-bond acceptors (Lipinski definition) is 6. The van der Waals surface area contributed by atoms with Crippen LogP contribution in [0.1, 0.15) is 0 Å². The molecule has 7 heteroatoms. The van der Waals surface area contributed by atoms with E-state index in [0.717, 1.165) is 10.2 Å². The van der Waals surface area contributed by atoms with Crippen molar-refractivity contribution >= 4 is 45.0 Å². The Morgan fingerprint density at radius 3 is 2.44 bits per heavy atom. The summed E-state index contributed by atoms with van der Waals surface area (Å²) in [5.41, 5.74) is 3.48. The van der Waals surface area contributed by atoms with E-state index in [2.05, 4.69) is 36.6 Å². The van der Waals surface area contributed by atoms with Gasteiger partial charge in [0.25, 0.3) is 0 Å². The molecule has 1 aromatic heterocycles. The van der Waals surface area contributed by atoms with Gasteiger partial charge in [-0.25, -0.2) is 15.8 Å². The fourth-order valence-corrected chi connectivity index (χ4v) is 1.98. The Kier molecular flexibility index (Phi) is 4.40. The number of nitrogens with one attached hydrogen (secondary N) is 2. The first-order chi connectivity index (χ1) is 8.71. The van der Waals surface area contributed by atoms with Crippen LogP contribution in [-0.4, -0.2) is 16.2 Å². The van der Waals surface area contributed by atoms with Gasteiger partial charge in [0.15, 0.2) is 5.16 Å². The maximum absolute atomic E-state index is 5.37. The van der Waals surface area contributed by atoms with E-state index in [1.807, 2.05) is 30.5 Å². The van der Waals surface area contributed by atoms with Crippen LogP contribution in [0, 0.1) is 0 Å². The van der Waals surface area contributed by atoms with Gasteiger partial charge in [-0.15, -0.1) is 0 Å². The number of nitrogens with zero attached hydrogens (tertiary/aromatic N) is 2. The average molecular weight is 326 g/mol. The second-order valence-corrected chi connectivity index (χ2v) is 5.09. The molecule has 2 rings (SSSR count). The summed E-state index contributed by atoms with van der Waals surface area (Å²) in [5.74, 6) is 6.65. The van der Waals surface area contributed by atoms with Crippen molar-refractivity contribution in [2.45, 2.75) is 5.16 Å². The number of anilines is 3. The Labute approximate surface area is 118 Å². The summed E-state index contributed by atoms with van der Waals surface area (Å²) in [5, 5.41) is 3.86. The second kappa shape index (κ2) is 6.03. The number of benzene rings is 1. The van der Waals surface area contributed by atoms with Crippen molar-refractivity contribution in [1.29, 1.82) is 0 Å². The topological polar surface area (TPSA) is 75.9 Å². The van der Waals surface area contributed by atoms with E-state index in [0.29, 0.717) is 16.8 Å². The zero-order valence-corrected chi connectivity index (χ0v) is 12.0. The van der Waals surface area contributed by atoms with Gasteiger partial charge in [0, 0.05) is 16.2 Å². The van der Waals surface area contributed by atoms with Crippen LogP contribution in [0.15, 0.2) is 40.0 Å². The molecule has 0 aliphatic heterocycles. The van der Waals surface area contributed by atoms with E-state index in [9.17, 15) is 0 Å². The van der Waals surface area contributed by atoms with Gasteiger partial charge in [0.1, 0.15) is 11.6 Å². The molecule has 2 aromatic rings. The number of nitrogen functional groups attached to an aromatic ring is 1. The van der Waals surface area contributed by atoms with Gasteiger partial charge >= 0.3 is 0 Å². The van der Waals surface area contributed by atoms with Gasteiger partial charge in [0.05, 0.1) is 0 Å². The van der Waals surface area contributed by atoms with Crippen LogP contribution < -0.4 is 16.6 Å². The van der Waals surface area contributed by atoms with E-state index in [-0.39, 0.29) is 0 Å². The Morgan fingerprint density at radius 2 is 1.83 bits per heavy atom. The molecule has 1 heterocycles. The second-order valence-electron chi connectivity index (χ2n) is 3.40. The van der Waals surface area contributed by atoms with Crippen molar-refractivity contribution in [3.05, 3.63) is 34.8 Å². The SMILES string of the molecule is CSc1nc(NN)cc(Nc2ccc(Br)cc2)n1. The van der Waals surface area contributed by atoms with Gasteiger partial charge in [-0.1, -0.05) is 27.7 Å². The lowest BCUT2D eigenvalue weighted by atomic mass is 10.3. The summed E-state index contributed by atoms with van der Waals surface area (Å²) in [7, 11) is 0. The van der Waals surface area contributed by atoms with Crippen molar-refractivity contribution in [2.24, 2.45) is 5.84 Å². The molecular formula is C11H12BrN5S. The van der Waals surface area contributed by atoms with E-state index in [1.165, 1.54) is 11.8 Å². The van der Waals surface area contributed by atoms with Crippen molar-refractivity contribution in [3.8, 4) is 0 Å². The lowest BCUT2D eigenvalue weighted by molar-refractivity contribution is 0.971. The minimum absolute atomic E-state index is 0.578. The van der Waals surface area contributed by atoms with Crippen molar-refractivity contribution < 1.29 is 0 Å². The number of thioether (sulfide) groups is 1. The fourth-order valence-electron chi connectivity index (χ4n) is 1.34. The summed E-state index contributed by atoms with van der Waals surface area (Å²) in [6, 6.07) is 9.59. The molecule has 0 amide bonds. The lowest BCUT2D eigenvalue weighted by Crippen LogP contribution is -2.10. The third kappa shape index (κ3) is 3.34. The van der Waals surface area contributed by atoms with E-state index in [4.69, 9.17) is 5.84 Å². The van der Waals surface area contributed by atoms with Gasteiger partial charge in [0.2, 0.25) is 0 Å². The number of rotatable bonds is 4. The van der Waals surface area contributed by atoms with E-state index < -0.39 is 0 Å². The molecule has 18 heavy (non-hydrogen) atoms. The number of halogens is 1. The molecule has 0 spiro atoms. The molecule has 0 bridgehead atoms. The Balaban J connectivity index is 2.25. The molecule has 0 atom stereocenters. The third-order valence-corrected chi connectivity index (χ3v) is 3.23. The molecule has 0 fully saturated rings. The first-order valence-electron chi connectivity index (χ1n) is 5.13. The highest BCUT2D eigenvalue weighted by molar-refractivity contribution is 9.10. The van der Waals surface area contributed by atoms with Gasteiger partial charge in [-0.05, 0) is 30.5 Å². The van der Waals surface area contributed by atoms with Crippen molar-refractivity contribution in [2.75, 3.05) is 17.0 Å². The smallest absolute Gasteiger partial charge is 0.191 e. The summed E-state index contributed by atoms with van der Waals surface area (Å²) in [4.78, 5) is 8.55. The normalized spacial score (nSPS) is 10.2. The van der Waals surface area contributed by atoms with Crippen LogP contribution in [0.2, 0.25) is 0 Å². The Bertz CT molecular complexity index is 509. The maximum Gasteiger partial charge on any atom is 0.191 e. The molecule has 0 saturated heterocycles. The highest BCUT2D eigenvalue weighted by Gasteiger charge is 2.03. The molecule has 0 aliphatic carbocycles. The quantitative estimate of drug-likeness (QED) is 0.347. The molecule has 4 N–H and O–H groups in total.